The number of β-amino-alcohol motifs (C(OH)–C–C–N with tert-alkyl or cyclic N) is 1. The highest BCUT2D eigenvalue weighted by Crippen LogP contribution is 2.37. The van der Waals surface area contributed by atoms with Gasteiger partial charge in [-0.3, -0.25) is 4.90 Å². The summed E-state index contributed by atoms with van der Waals surface area (Å²) >= 11 is 8.16. The Labute approximate surface area is 116 Å². The lowest BCUT2D eigenvalue weighted by Crippen LogP contribution is -2.60. The molecule has 1 N–H and O–H groups in total. The summed E-state index contributed by atoms with van der Waals surface area (Å²) < 4.78 is 1.24. The molecule has 0 radical (unpaired) electrons. The summed E-state index contributed by atoms with van der Waals surface area (Å²) in [4.78, 5) is 3.45. The van der Waals surface area contributed by atoms with Crippen LogP contribution in [0.3, 0.4) is 0 Å². The number of benzene rings is 1. The summed E-state index contributed by atoms with van der Waals surface area (Å²) in [5.74, 6) is 0. The fourth-order valence-corrected chi connectivity index (χ4v) is 4.03. The van der Waals surface area contributed by atoms with E-state index in [2.05, 4.69) is 17.0 Å². The van der Waals surface area contributed by atoms with Crippen LogP contribution in [0.1, 0.15) is 18.2 Å². The molecule has 1 aliphatic heterocycles. The molecule has 4 heteroatoms. The van der Waals surface area contributed by atoms with Crippen molar-refractivity contribution in [3.63, 3.8) is 0 Å². The lowest BCUT2D eigenvalue weighted by molar-refractivity contribution is -0.103. The first kappa shape index (κ1) is 12.4. The van der Waals surface area contributed by atoms with Gasteiger partial charge < -0.3 is 5.11 Å². The zero-order valence-electron chi connectivity index (χ0n) is 10.3. The number of thiophene rings is 1. The average molecular weight is 282 g/mol. The van der Waals surface area contributed by atoms with E-state index in [1.54, 1.807) is 11.3 Å². The van der Waals surface area contributed by atoms with Gasteiger partial charge in [-0.15, -0.1) is 11.3 Å². The van der Waals surface area contributed by atoms with Crippen LogP contribution in [-0.2, 0) is 6.54 Å². The van der Waals surface area contributed by atoms with Crippen molar-refractivity contribution < 1.29 is 5.11 Å². The average Bonchev–Trinajstić information content (AvgIpc) is 2.65. The van der Waals surface area contributed by atoms with Crippen molar-refractivity contribution in [3.8, 4) is 0 Å². The predicted molar refractivity (Wildman–Crippen MR) is 77.4 cm³/mol. The van der Waals surface area contributed by atoms with Gasteiger partial charge in [-0.05, 0) is 12.5 Å². The monoisotopic (exact) mass is 281 g/mol. The summed E-state index contributed by atoms with van der Waals surface area (Å²) in [5, 5.41) is 12.0. The third-order valence-electron chi connectivity index (χ3n) is 3.66. The van der Waals surface area contributed by atoms with Crippen LogP contribution in [-0.4, -0.2) is 28.7 Å². The van der Waals surface area contributed by atoms with Crippen molar-refractivity contribution >= 4 is 33.0 Å². The van der Waals surface area contributed by atoms with E-state index in [1.165, 1.54) is 9.58 Å². The highest BCUT2D eigenvalue weighted by molar-refractivity contribution is 7.19. The number of aliphatic hydroxyl groups is 1. The van der Waals surface area contributed by atoms with E-state index >= 15 is 0 Å². The third-order valence-corrected chi connectivity index (χ3v) is 5.36. The fraction of sp³-hybridized carbons (Fsp3) is 0.429. The normalized spacial score (nSPS) is 19.1. The van der Waals surface area contributed by atoms with E-state index in [-0.39, 0.29) is 0 Å². The molecule has 0 unspecified atom stereocenters. The standard InChI is InChI=1S/C14H16ClNOS/c1-2-14(17)8-16(9-14)7-12-13(15)10-5-3-4-6-11(10)18-12/h3-6,17H,2,7-9H2,1H3. The van der Waals surface area contributed by atoms with E-state index in [0.29, 0.717) is 0 Å². The highest BCUT2D eigenvalue weighted by Gasteiger charge is 2.39. The van der Waals surface area contributed by atoms with Crippen molar-refractivity contribution in [2.75, 3.05) is 13.1 Å². The molecule has 0 spiro atoms. The van der Waals surface area contributed by atoms with Crippen LogP contribution in [0.4, 0.5) is 0 Å². The van der Waals surface area contributed by atoms with Gasteiger partial charge in [-0.25, -0.2) is 0 Å². The molecule has 1 aromatic carbocycles. The van der Waals surface area contributed by atoms with Gasteiger partial charge in [0.15, 0.2) is 0 Å². The molecule has 3 rings (SSSR count). The second kappa shape index (κ2) is 4.49. The Balaban J connectivity index is 1.78. The Kier molecular flexibility index (Phi) is 3.10. The van der Waals surface area contributed by atoms with Crippen LogP contribution in [0, 0.1) is 0 Å². The Bertz CT molecular complexity index is 574. The van der Waals surface area contributed by atoms with Gasteiger partial charge in [0.25, 0.3) is 0 Å². The molecule has 1 aromatic heterocycles. The molecule has 96 valence electrons. The first-order valence-electron chi connectivity index (χ1n) is 6.22. The summed E-state index contributed by atoms with van der Waals surface area (Å²) in [6.45, 7) is 4.40. The molecule has 0 atom stereocenters. The van der Waals surface area contributed by atoms with Crippen LogP contribution < -0.4 is 0 Å². The number of likely N-dealkylation sites (tertiary alicyclic amines) is 1. The quantitative estimate of drug-likeness (QED) is 0.931. The van der Waals surface area contributed by atoms with E-state index < -0.39 is 5.60 Å². The molecular weight excluding hydrogens is 266 g/mol. The number of halogens is 1. The van der Waals surface area contributed by atoms with Crippen molar-refractivity contribution in [2.45, 2.75) is 25.5 Å². The summed E-state index contributed by atoms with van der Waals surface area (Å²) in [7, 11) is 0. The zero-order valence-corrected chi connectivity index (χ0v) is 11.9. The molecular formula is C14H16ClNOS. The Morgan fingerprint density at radius 3 is 2.78 bits per heavy atom. The van der Waals surface area contributed by atoms with Gasteiger partial charge in [-0.2, -0.15) is 0 Å². The largest absolute Gasteiger partial charge is 0.387 e. The maximum Gasteiger partial charge on any atom is 0.0897 e. The minimum atomic E-state index is -0.469. The molecule has 18 heavy (non-hydrogen) atoms. The number of hydrogen-bond donors (Lipinski definition) is 1. The molecule has 2 nitrogen and oxygen atoms in total. The summed E-state index contributed by atoms with van der Waals surface area (Å²) in [6, 6.07) is 8.23. The van der Waals surface area contributed by atoms with Crippen LogP contribution in [0.5, 0.6) is 0 Å². The minimum Gasteiger partial charge on any atom is -0.387 e. The van der Waals surface area contributed by atoms with E-state index in [4.69, 9.17) is 11.6 Å². The summed E-state index contributed by atoms with van der Waals surface area (Å²) in [5.41, 5.74) is -0.469. The van der Waals surface area contributed by atoms with Crippen molar-refractivity contribution in [3.05, 3.63) is 34.2 Å². The minimum absolute atomic E-state index is 0.469. The zero-order chi connectivity index (χ0) is 12.8. The van der Waals surface area contributed by atoms with Gasteiger partial charge in [0.05, 0.1) is 10.6 Å². The number of hydrogen-bond acceptors (Lipinski definition) is 3. The van der Waals surface area contributed by atoms with Gasteiger partial charge in [0.2, 0.25) is 0 Å². The van der Waals surface area contributed by atoms with Crippen molar-refractivity contribution in [1.82, 2.24) is 4.90 Å². The molecule has 0 aliphatic carbocycles. The number of nitrogens with zero attached hydrogens (tertiary/aromatic N) is 1. The highest BCUT2D eigenvalue weighted by atomic mass is 35.5. The van der Waals surface area contributed by atoms with Gasteiger partial charge in [0, 0.05) is 34.6 Å². The van der Waals surface area contributed by atoms with E-state index in [1.807, 2.05) is 19.1 Å². The SMILES string of the molecule is CCC1(O)CN(Cc2sc3ccccc3c2Cl)C1. The van der Waals surface area contributed by atoms with Crippen LogP contribution >= 0.6 is 22.9 Å². The lowest BCUT2D eigenvalue weighted by atomic mass is 9.91. The smallest absolute Gasteiger partial charge is 0.0897 e. The lowest BCUT2D eigenvalue weighted by Gasteiger charge is -2.46. The maximum atomic E-state index is 10.0. The van der Waals surface area contributed by atoms with E-state index in [0.717, 1.165) is 36.5 Å². The predicted octanol–water partition coefficient (Wildman–Crippen LogP) is 3.51. The Hall–Kier alpha value is -0.610. The molecule has 2 aromatic rings. The van der Waals surface area contributed by atoms with Gasteiger partial charge in [-0.1, -0.05) is 36.7 Å². The molecule has 0 bridgehead atoms. The second-order valence-corrected chi connectivity index (χ2v) is 6.57. The van der Waals surface area contributed by atoms with Crippen molar-refractivity contribution in [1.29, 1.82) is 0 Å². The Morgan fingerprint density at radius 1 is 1.39 bits per heavy atom. The topological polar surface area (TPSA) is 23.5 Å². The Morgan fingerprint density at radius 2 is 2.11 bits per heavy atom. The maximum absolute atomic E-state index is 10.0. The fourth-order valence-electron chi connectivity index (χ4n) is 2.49. The van der Waals surface area contributed by atoms with E-state index in [9.17, 15) is 5.11 Å². The van der Waals surface area contributed by atoms with Crippen LogP contribution in [0.25, 0.3) is 10.1 Å². The second-order valence-electron chi connectivity index (χ2n) is 5.06. The first-order chi connectivity index (χ1) is 8.61. The van der Waals surface area contributed by atoms with Crippen molar-refractivity contribution in [2.24, 2.45) is 0 Å². The molecule has 2 heterocycles. The number of fused-ring (bicyclic) bond motifs is 1. The summed E-state index contributed by atoms with van der Waals surface area (Å²) in [6.07, 6.45) is 0.823. The molecule has 1 fully saturated rings. The molecule has 1 aliphatic rings. The first-order valence-corrected chi connectivity index (χ1v) is 7.41. The number of rotatable bonds is 3. The molecule has 0 amide bonds. The molecule has 1 saturated heterocycles. The third kappa shape index (κ3) is 2.05. The van der Waals surface area contributed by atoms with Crippen LogP contribution in [0.15, 0.2) is 24.3 Å². The van der Waals surface area contributed by atoms with Gasteiger partial charge in [0.1, 0.15) is 0 Å². The molecule has 0 saturated carbocycles. The van der Waals surface area contributed by atoms with Gasteiger partial charge >= 0.3 is 0 Å². The van der Waals surface area contributed by atoms with Crippen LogP contribution in [0.2, 0.25) is 5.02 Å².